The van der Waals surface area contributed by atoms with E-state index in [1.54, 1.807) is 24.3 Å². The fourth-order valence-electron chi connectivity index (χ4n) is 2.73. The van der Waals surface area contributed by atoms with Crippen molar-refractivity contribution in [3.05, 3.63) is 71.8 Å². The zero-order valence-corrected chi connectivity index (χ0v) is 15.5. The van der Waals surface area contributed by atoms with Gasteiger partial charge < -0.3 is 14.2 Å². The molecule has 1 saturated heterocycles. The molecule has 2 amide bonds. The summed E-state index contributed by atoms with van der Waals surface area (Å²) in [4.78, 5) is 48.8. The van der Waals surface area contributed by atoms with Crippen LogP contribution in [-0.4, -0.2) is 41.5 Å². The van der Waals surface area contributed by atoms with Crippen molar-refractivity contribution < 1.29 is 33.4 Å². The monoisotopic (exact) mass is 397 g/mol. The number of ether oxygens (including phenoxy) is 3. The van der Waals surface area contributed by atoms with Crippen LogP contribution in [0.4, 0.5) is 9.59 Å². The molecule has 29 heavy (non-hydrogen) atoms. The maximum absolute atomic E-state index is 12.3. The maximum Gasteiger partial charge on any atom is 0.427 e. The van der Waals surface area contributed by atoms with E-state index in [-0.39, 0.29) is 19.8 Å². The van der Waals surface area contributed by atoms with Crippen LogP contribution in [0.2, 0.25) is 0 Å². The van der Waals surface area contributed by atoms with Crippen molar-refractivity contribution in [3.63, 3.8) is 0 Å². The van der Waals surface area contributed by atoms with Crippen LogP contribution in [0.1, 0.15) is 17.5 Å². The number of Topliss-reactive ketones (excluding diaryl/α,β-unsaturated/α-hetero) is 1. The Bertz CT molecular complexity index is 882. The van der Waals surface area contributed by atoms with Crippen molar-refractivity contribution in [1.29, 1.82) is 0 Å². The first-order chi connectivity index (χ1) is 14.0. The zero-order valence-electron chi connectivity index (χ0n) is 15.5. The van der Waals surface area contributed by atoms with Crippen LogP contribution >= 0.6 is 0 Å². The second kappa shape index (κ2) is 9.61. The van der Waals surface area contributed by atoms with Gasteiger partial charge in [0.25, 0.3) is 0 Å². The van der Waals surface area contributed by atoms with Crippen molar-refractivity contribution in [3.8, 4) is 0 Å². The molecule has 150 valence electrons. The number of ketones is 1. The number of rotatable bonds is 8. The van der Waals surface area contributed by atoms with E-state index in [9.17, 15) is 19.2 Å². The summed E-state index contributed by atoms with van der Waals surface area (Å²) in [5, 5.41) is 0. The first kappa shape index (κ1) is 20.2. The van der Waals surface area contributed by atoms with Gasteiger partial charge in [-0.05, 0) is 11.1 Å². The van der Waals surface area contributed by atoms with E-state index in [0.29, 0.717) is 10.5 Å². The summed E-state index contributed by atoms with van der Waals surface area (Å²) in [6, 6.07) is 16.7. The Morgan fingerprint density at radius 3 is 2.10 bits per heavy atom. The van der Waals surface area contributed by atoms with Gasteiger partial charge in [0.1, 0.15) is 13.2 Å². The summed E-state index contributed by atoms with van der Waals surface area (Å²) >= 11 is 0. The third kappa shape index (κ3) is 5.49. The van der Waals surface area contributed by atoms with Crippen molar-refractivity contribution >= 4 is 23.9 Å². The van der Waals surface area contributed by atoms with Crippen LogP contribution in [0, 0.1) is 0 Å². The third-order valence-corrected chi connectivity index (χ3v) is 4.17. The molecule has 1 aliphatic heterocycles. The lowest BCUT2D eigenvalue weighted by Crippen LogP contribution is -2.42. The predicted octanol–water partition coefficient (Wildman–Crippen LogP) is 2.85. The second-order valence-corrected chi connectivity index (χ2v) is 6.33. The highest BCUT2D eigenvalue weighted by atomic mass is 16.6. The zero-order chi connectivity index (χ0) is 20.6. The predicted molar refractivity (Wildman–Crippen MR) is 99.5 cm³/mol. The van der Waals surface area contributed by atoms with Crippen LogP contribution in [0.3, 0.4) is 0 Å². The topological polar surface area (TPSA) is 99.2 Å². The molecule has 0 unspecified atom stereocenters. The quantitative estimate of drug-likeness (QED) is 0.499. The lowest BCUT2D eigenvalue weighted by Gasteiger charge is -2.17. The number of carbonyl (C=O) groups excluding carboxylic acids is 4. The first-order valence-electron chi connectivity index (χ1n) is 8.93. The molecule has 1 aliphatic rings. The standard InChI is InChI=1S/C21H19NO7/c23-17(14-27-12-15-7-3-1-4-8-15)11-18-19(24)29-21(26)22(18)20(25)28-13-16-9-5-2-6-10-16/h1-10,18H,11-14H2/t18-/m0/s1. The van der Waals surface area contributed by atoms with Crippen molar-refractivity contribution in [1.82, 2.24) is 4.90 Å². The third-order valence-electron chi connectivity index (χ3n) is 4.17. The summed E-state index contributed by atoms with van der Waals surface area (Å²) in [6.45, 7) is -0.123. The van der Waals surface area contributed by atoms with Crippen LogP contribution in [0.5, 0.6) is 0 Å². The number of hydrogen-bond acceptors (Lipinski definition) is 7. The van der Waals surface area contributed by atoms with Gasteiger partial charge in [-0.3, -0.25) is 4.79 Å². The smallest absolute Gasteiger partial charge is 0.427 e. The van der Waals surface area contributed by atoms with E-state index in [4.69, 9.17) is 9.47 Å². The normalized spacial score (nSPS) is 15.9. The fourth-order valence-corrected chi connectivity index (χ4v) is 2.73. The van der Waals surface area contributed by atoms with Gasteiger partial charge in [-0.25, -0.2) is 14.4 Å². The summed E-state index contributed by atoms with van der Waals surface area (Å²) in [7, 11) is 0. The average Bonchev–Trinajstić information content (AvgIpc) is 3.00. The molecule has 0 aliphatic carbocycles. The van der Waals surface area contributed by atoms with E-state index < -0.39 is 36.4 Å². The van der Waals surface area contributed by atoms with E-state index in [2.05, 4.69) is 4.74 Å². The molecule has 0 spiro atoms. The molecular formula is C21H19NO7. The summed E-state index contributed by atoms with van der Waals surface area (Å²) in [6.07, 6.45) is -2.61. The number of cyclic esters (lactones) is 2. The summed E-state index contributed by atoms with van der Waals surface area (Å²) in [5.74, 6) is -1.42. The number of esters is 1. The largest absolute Gasteiger partial charge is 0.444 e. The Labute approximate surface area is 167 Å². The Morgan fingerprint density at radius 2 is 1.48 bits per heavy atom. The minimum atomic E-state index is -1.36. The second-order valence-electron chi connectivity index (χ2n) is 6.33. The number of amides is 2. The highest BCUT2D eigenvalue weighted by Gasteiger charge is 2.47. The Balaban J connectivity index is 1.53. The van der Waals surface area contributed by atoms with Crippen molar-refractivity contribution in [2.45, 2.75) is 25.7 Å². The van der Waals surface area contributed by atoms with Crippen LogP contribution in [-0.2, 0) is 37.0 Å². The lowest BCUT2D eigenvalue weighted by molar-refractivity contribution is -0.138. The average molecular weight is 397 g/mol. The molecule has 0 aromatic heterocycles. The van der Waals surface area contributed by atoms with E-state index >= 15 is 0 Å². The number of imide groups is 1. The molecule has 0 saturated carbocycles. The summed E-state index contributed by atoms with van der Waals surface area (Å²) < 4.78 is 14.9. The van der Waals surface area contributed by atoms with Crippen LogP contribution < -0.4 is 0 Å². The first-order valence-corrected chi connectivity index (χ1v) is 8.93. The minimum Gasteiger partial charge on any atom is -0.444 e. The van der Waals surface area contributed by atoms with Crippen molar-refractivity contribution in [2.24, 2.45) is 0 Å². The molecule has 8 heteroatoms. The molecule has 3 rings (SSSR count). The molecule has 2 aromatic rings. The van der Waals surface area contributed by atoms with Crippen LogP contribution in [0.15, 0.2) is 60.7 Å². The Kier molecular flexibility index (Phi) is 6.70. The van der Waals surface area contributed by atoms with E-state index in [0.717, 1.165) is 5.56 Å². The van der Waals surface area contributed by atoms with Gasteiger partial charge in [-0.1, -0.05) is 60.7 Å². The van der Waals surface area contributed by atoms with Gasteiger partial charge in [0.2, 0.25) is 0 Å². The van der Waals surface area contributed by atoms with Crippen molar-refractivity contribution in [2.75, 3.05) is 6.61 Å². The highest BCUT2D eigenvalue weighted by molar-refractivity contribution is 6.05. The fraction of sp³-hybridized carbons (Fsp3) is 0.238. The molecule has 0 N–H and O–H groups in total. The number of carbonyl (C=O) groups is 4. The van der Waals surface area contributed by atoms with Crippen LogP contribution in [0.25, 0.3) is 0 Å². The Hall–Kier alpha value is -3.52. The van der Waals surface area contributed by atoms with Gasteiger partial charge in [0.15, 0.2) is 11.8 Å². The minimum absolute atomic E-state index is 0.0848. The number of nitrogens with zero attached hydrogens (tertiary/aromatic N) is 1. The molecule has 1 heterocycles. The van der Waals surface area contributed by atoms with E-state index in [1.807, 2.05) is 36.4 Å². The summed E-state index contributed by atoms with van der Waals surface area (Å²) in [5.41, 5.74) is 1.60. The lowest BCUT2D eigenvalue weighted by atomic mass is 10.1. The molecule has 0 bridgehead atoms. The molecule has 0 radical (unpaired) electrons. The van der Waals surface area contributed by atoms with Gasteiger partial charge >= 0.3 is 18.2 Å². The highest BCUT2D eigenvalue weighted by Crippen LogP contribution is 2.19. The van der Waals surface area contributed by atoms with Gasteiger partial charge in [-0.15, -0.1) is 0 Å². The molecule has 1 atom stereocenters. The molecule has 2 aromatic carbocycles. The SMILES string of the molecule is O=C(COCc1ccccc1)C[C@H]1C(=O)OC(=O)N1C(=O)OCc1ccccc1. The number of benzene rings is 2. The maximum atomic E-state index is 12.3. The van der Waals surface area contributed by atoms with Gasteiger partial charge in [0.05, 0.1) is 6.61 Å². The Morgan fingerprint density at radius 1 is 0.897 bits per heavy atom. The van der Waals surface area contributed by atoms with Gasteiger partial charge in [-0.2, -0.15) is 4.90 Å². The molecule has 8 nitrogen and oxygen atoms in total. The molecular weight excluding hydrogens is 378 g/mol. The number of hydrogen-bond donors (Lipinski definition) is 0. The molecule has 1 fully saturated rings. The van der Waals surface area contributed by atoms with Gasteiger partial charge in [0, 0.05) is 6.42 Å². The van der Waals surface area contributed by atoms with E-state index in [1.165, 1.54) is 0 Å².